The molecular weight excluding hydrogens is 654 g/mol. The van der Waals surface area contributed by atoms with Gasteiger partial charge in [0.1, 0.15) is 17.8 Å². The Balaban J connectivity index is 1.53. The van der Waals surface area contributed by atoms with Crippen LogP contribution < -0.4 is 15.8 Å². The predicted molar refractivity (Wildman–Crippen MR) is 173 cm³/mol. The average Bonchev–Trinajstić information content (AvgIpc) is 3.43. The summed E-state index contributed by atoms with van der Waals surface area (Å²) in [5.41, 5.74) is 2.50. The quantitative estimate of drug-likeness (QED) is 0.396. The molecule has 1 aromatic carbocycles. The van der Waals surface area contributed by atoms with Crippen molar-refractivity contribution in [1.82, 2.24) is 24.1 Å². The van der Waals surface area contributed by atoms with Crippen LogP contribution in [0.3, 0.4) is 0 Å². The van der Waals surface area contributed by atoms with Gasteiger partial charge in [-0.15, -0.1) is 5.10 Å². The van der Waals surface area contributed by atoms with Crippen LogP contribution in [0, 0.1) is 6.92 Å². The number of hydrogen-bond donors (Lipinski definition) is 1. The Morgan fingerprint density at radius 2 is 1.91 bits per heavy atom. The lowest BCUT2D eigenvalue weighted by Gasteiger charge is -2.37. The number of ether oxygens (including phenoxy) is 2. The normalized spacial score (nSPS) is 15.8. The van der Waals surface area contributed by atoms with Gasteiger partial charge in [-0.2, -0.15) is 9.50 Å². The number of carbonyl (C=O) groups is 2. The van der Waals surface area contributed by atoms with Crippen LogP contribution >= 0.6 is 27.5 Å². The molecule has 2 aromatic heterocycles. The second-order valence-electron chi connectivity index (χ2n) is 11.8. The Morgan fingerprint density at radius 3 is 2.55 bits per heavy atom. The number of hydrogen-bond acceptors (Lipinski definition) is 8. The maximum Gasteiger partial charge on any atom is 0.410 e. The summed E-state index contributed by atoms with van der Waals surface area (Å²) in [6.45, 7) is 11.8. The second-order valence-corrected chi connectivity index (χ2v) is 13.1. The summed E-state index contributed by atoms with van der Waals surface area (Å²) in [5.74, 6) is 0.414. The van der Waals surface area contributed by atoms with Crippen LogP contribution in [0.1, 0.15) is 51.2 Å². The van der Waals surface area contributed by atoms with Gasteiger partial charge in [-0.3, -0.25) is 9.59 Å². The Morgan fingerprint density at radius 1 is 1.18 bits per heavy atom. The first-order valence-corrected chi connectivity index (χ1v) is 15.8. The van der Waals surface area contributed by atoms with E-state index < -0.39 is 5.60 Å². The van der Waals surface area contributed by atoms with E-state index in [1.165, 1.54) is 4.52 Å². The number of amides is 2. The smallest absolute Gasteiger partial charge is 0.410 e. The summed E-state index contributed by atoms with van der Waals surface area (Å²) in [6.07, 6.45) is 2.61. The molecule has 5 rings (SSSR count). The summed E-state index contributed by atoms with van der Waals surface area (Å²) < 4.78 is 14.8. The van der Waals surface area contributed by atoms with E-state index in [0.29, 0.717) is 80.2 Å². The number of carbonyl (C=O) groups excluding carboxylic acids is 2. The third-order valence-electron chi connectivity index (χ3n) is 7.50. The summed E-state index contributed by atoms with van der Waals surface area (Å²) in [5, 5.41) is 8.06. The third-order valence-corrected chi connectivity index (χ3v) is 8.70. The molecule has 14 heteroatoms. The summed E-state index contributed by atoms with van der Waals surface area (Å²) in [7, 11) is 0. The van der Waals surface area contributed by atoms with Crippen LogP contribution in [0.15, 0.2) is 27.5 Å². The Bertz CT molecular complexity index is 1690. The number of benzene rings is 1. The van der Waals surface area contributed by atoms with Crippen molar-refractivity contribution in [3.8, 4) is 0 Å². The summed E-state index contributed by atoms with van der Waals surface area (Å²) >= 11 is 9.72. The number of anilines is 2. The number of rotatable bonds is 6. The van der Waals surface area contributed by atoms with Gasteiger partial charge >= 0.3 is 6.09 Å². The molecule has 2 amide bonds. The van der Waals surface area contributed by atoms with Gasteiger partial charge in [0.05, 0.1) is 23.9 Å². The minimum absolute atomic E-state index is 0.106. The molecule has 1 N–H and O–H groups in total. The van der Waals surface area contributed by atoms with Crippen molar-refractivity contribution in [3.05, 3.63) is 55.1 Å². The van der Waals surface area contributed by atoms with Gasteiger partial charge in [0.15, 0.2) is 5.82 Å². The molecule has 2 aliphatic rings. The molecule has 12 nitrogen and oxygen atoms in total. The van der Waals surface area contributed by atoms with E-state index in [0.717, 1.165) is 15.6 Å². The van der Waals surface area contributed by atoms with Crippen LogP contribution in [0.5, 0.6) is 0 Å². The van der Waals surface area contributed by atoms with E-state index >= 15 is 0 Å². The minimum atomic E-state index is -0.603. The fraction of sp³-hybridized carbons (Fsp3) is 0.500. The van der Waals surface area contributed by atoms with E-state index in [2.05, 4.69) is 26.3 Å². The molecule has 0 unspecified atom stereocenters. The number of halogens is 2. The largest absolute Gasteiger partial charge is 0.444 e. The van der Waals surface area contributed by atoms with Gasteiger partial charge in [-0.05, 0) is 79.7 Å². The van der Waals surface area contributed by atoms with Crippen LogP contribution in [-0.2, 0) is 27.2 Å². The van der Waals surface area contributed by atoms with Crippen LogP contribution in [0.2, 0.25) is 5.02 Å². The number of piperazine rings is 1. The van der Waals surface area contributed by atoms with E-state index in [1.54, 1.807) is 15.5 Å². The monoisotopic (exact) mass is 689 g/mol. The highest BCUT2D eigenvalue weighted by Crippen LogP contribution is 2.29. The molecule has 1 saturated heterocycles. The average molecular weight is 691 g/mol. The van der Waals surface area contributed by atoms with Gasteiger partial charge in [0, 0.05) is 36.3 Å². The lowest BCUT2D eigenvalue weighted by Crippen LogP contribution is -2.51. The minimum Gasteiger partial charge on any atom is -0.444 e. The molecule has 3 aromatic rings. The number of nitrogens with one attached hydrogen (secondary N) is 1. The maximum absolute atomic E-state index is 14.1. The van der Waals surface area contributed by atoms with Crippen molar-refractivity contribution in [2.45, 2.75) is 59.6 Å². The highest BCUT2D eigenvalue weighted by Gasteiger charge is 2.30. The van der Waals surface area contributed by atoms with E-state index in [1.807, 2.05) is 51.7 Å². The molecule has 0 aliphatic carbocycles. The molecule has 0 saturated carbocycles. The maximum atomic E-state index is 14.1. The number of aryl methyl sites for hydroxylation is 1. The molecule has 236 valence electrons. The van der Waals surface area contributed by atoms with Crippen LogP contribution in [-0.4, -0.2) is 81.1 Å². The first kappa shape index (κ1) is 32.0. The van der Waals surface area contributed by atoms with Gasteiger partial charge in [0.25, 0.3) is 5.56 Å². The fourth-order valence-corrected chi connectivity index (χ4v) is 5.97. The Labute approximate surface area is 269 Å². The van der Waals surface area contributed by atoms with Crippen molar-refractivity contribution < 1.29 is 19.1 Å². The Hall–Kier alpha value is -3.42. The molecule has 4 heterocycles. The van der Waals surface area contributed by atoms with Crippen molar-refractivity contribution in [2.75, 3.05) is 49.6 Å². The fourth-order valence-electron chi connectivity index (χ4n) is 5.35. The van der Waals surface area contributed by atoms with Crippen LogP contribution in [0.4, 0.5) is 16.2 Å². The SMILES string of the molecule is CCc1c(N2CCN(C(=O)OC(C)(C)C)CC2)c(=O)n2nc(C3=CCOCC3)nc2n1CC(=O)Nc1cc(Cl)c(Br)cc1C. The molecule has 0 spiro atoms. The topological polar surface area (TPSA) is 123 Å². The number of aromatic nitrogens is 4. The second kappa shape index (κ2) is 12.9. The van der Waals surface area contributed by atoms with Crippen molar-refractivity contribution >= 4 is 62.3 Å². The van der Waals surface area contributed by atoms with Crippen molar-refractivity contribution in [1.29, 1.82) is 0 Å². The van der Waals surface area contributed by atoms with Gasteiger partial charge in [-0.25, -0.2) is 4.79 Å². The molecule has 0 atom stereocenters. The lowest BCUT2D eigenvalue weighted by atomic mass is 10.1. The van der Waals surface area contributed by atoms with E-state index in [9.17, 15) is 14.4 Å². The first-order chi connectivity index (χ1) is 20.9. The van der Waals surface area contributed by atoms with Crippen molar-refractivity contribution in [3.63, 3.8) is 0 Å². The highest BCUT2D eigenvalue weighted by molar-refractivity contribution is 9.10. The predicted octanol–water partition coefficient (Wildman–Crippen LogP) is 4.68. The zero-order valence-electron chi connectivity index (χ0n) is 25.6. The lowest BCUT2D eigenvalue weighted by molar-refractivity contribution is -0.116. The number of fused-ring (bicyclic) bond motifs is 1. The van der Waals surface area contributed by atoms with Gasteiger partial charge in [-0.1, -0.05) is 24.6 Å². The zero-order chi connectivity index (χ0) is 31.8. The molecular formula is C30H37BrClN7O5. The van der Waals surface area contributed by atoms with Crippen molar-refractivity contribution in [2.24, 2.45) is 0 Å². The van der Waals surface area contributed by atoms with Gasteiger partial charge in [0.2, 0.25) is 11.7 Å². The molecule has 1 fully saturated rings. The summed E-state index contributed by atoms with van der Waals surface area (Å²) in [4.78, 5) is 48.7. The first-order valence-electron chi connectivity index (χ1n) is 14.6. The standard InChI is InChI=1S/C30H37BrClN7O5/c1-6-23-25(36-9-11-37(12-10-36)29(42)44-30(3,4)5)27(41)39-28(34-26(35-39)19-7-13-43-14-8-19)38(23)17-24(40)33-22-16-21(32)20(31)15-18(22)2/h7,15-16H,6,8-14,17H2,1-5H3,(H,33,40). The highest BCUT2D eigenvalue weighted by atomic mass is 79.9. The zero-order valence-corrected chi connectivity index (χ0v) is 27.9. The third kappa shape index (κ3) is 6.79. The molecule has 0 radical (unpaired) electrons. The number of nitrogens with zero attached hydrogens (tertiary/aromatic N) is 6. The van der Waals surface area contributed by atoms with Crippen LogP contribution in [0.25, 0.3) is 11.4 Å². The van der Waals surface area contributed by atoms with Gasteiger partial charge < -0.3 is 29.2 Å². The molecule has 44 heavy (non-hydrogen) atoms. The van der Waals surface area contributed by atoms with E-state index in [-0.39, 0.29) is 29.9 Å². The van der Waals surface area contributed by atoms with E-state index in [4.69, 9.17) is 26.1 Å². The summed E-state index contributed by atoms with van der Waals surface area (Å²) in [6, 6.07) is 3.54. The molecule has 0 bridgehead atoms. The molecule has 2 aliphatic heterocycles. The Kier molecular flexibility index (Phi) is 9.38.